The summed E-state index contributed by atoms with van der Waals surface area (Å²) in [6, 6.07) is 11.2. The first-order chi connectivity index (χ1) is 19.6. The molecule has 0 amide bonds. The van der Waals surface area contributed by atoms with E-state index in [1.807, 2.05) is 20.6 Å². The normalized spacial score (nSPS) is 18.6. The lowest BCUT2D eigenvalue weighted by atomic mass is 9.96. The van der Waals surface area contributed by atoms with Crippen molar-refractivity contribution in [2.45, 2.75) is 38.6 Å². The van der Waals surface area contributed by atoms with Crippen molar-refractivity contribution >= 4 is 42.2 Å². The summed E-state index contributed by atoms with van der Waals surface area (Å²) >= 11 is 0. The molecule has 3 fully saturated rings. The Morgan fingerprint density at radius 3 is 2.38 bits per heavy atom. The molecule has 2 aromatic heterocycles. The van der Waals surface area contributed by atoms with Gasteiger partial charge in [0.1, 0.15) is 25.2 Å². The maximum atomic E-state index is 8.00. The first-order valence-electron chi connectivity index (χ1n) is 14.1. The number of rotatable bonds is 6. The number of anilines is 3. The van der Waals surface area contributed by atoms with Gasteiger partial charge in [0, 0.05) is 81.9 Å². The number of hydrogen-bond acceptors (Lipinski definition) is 9. The largest absolute Gasteiger partial charge is 0.388 e. The predicted molar refractivity (Wildman–Crippen MR) is 162 cm³/mol. The number of piperidine rings is 1. The molecule has 1 atom stereocenters. The number of nitrogens with zero attached hydrogens (tertiary/aromatic N) is 6. The minimum absolute atomic E-state index is 0.196. The van der Waals surface area contributed by atoms with Crippen LogP contribution in [0.5, 0.6) is 0 Å². The van der Waals surface area contributed by atoms with Crippen molar-refractivity contribution in [3.8, 4) is 0 Å². The summed E-state index contributed by atoms with van der Waals surface area (Å²) < 4.78 is 2.09. The second-order valence-electron chi connectivity index (χ2n) is 10.3. The summed E-state index contributed by atoms with van der Waals surface area (Å²) in [6.45, 7) is 17.9. The maximum absolute atomic E-state index is 8.00. The number of aryl methyl sites for hydroxylation is 1. The van der Waals surface area contributed by atoms with Crippen molar-refractivity contribution in [1.82, 2.24) is 24.8 Å². The number of aromatic nitrogens is 3. The SMILES string of the molecule is C=C(c1cc(C)ccc1NC)N1CCCCC1c1cc2nc(N3CCC3)cc(N3CCNCC3)n2n1.C=O.C=O. The Morgan fingerprint density at radius 2 is 1.70 bits per heavy atom. The van der Waals surface area contributed by atoms with Gasteiger partial charge in [-0.3, -0.25) is 0 Å². The minimum atomic E-state index is 0.196. The molecule has 3 aliphatic heterocycles. The molecule has 6 rings (SSSR count). The van der Waals surface area contributed by atoms with Crippen molar-refractivity contribution in [2.24, 2.45) is 0 Å². The topological polar surface area (TPSA) is 98.1 Å². The van der Waals surface area contributed by atoms with Gasteiger partial charge in [-0.15, -0.1) is 0 Å². The van der Waals surface area contributed by atoms with Gasteiger partial charge in [-0.1, -0.05) is 18.2 Å². The molecule has 3 aromatic rings. The van der Waals surface area contributed by atoms with Gasteiger partial charge < -0.3 is 34.9 Å². The molecule has 3 aliphatic rings. The van der Waals surface area contributed by atoms with Crippen molar-refractivity contribution in [3.63, 3.8) is 0 Å². The Labute approximate surface area is 237 Å². The van der Waals surface area contributed by atoms with Gasteiger partial charge >= 0.3 is 0 Å². The second kappa shape index (κ2) is 13.4. The molecule has 0 aliphatic carbocycles. The predicted octanol–water partition coefficient (Wildman–Crippen LogP) is 3.53. The van der Waals surface area contributed by atoms with Crippen LogP contribution in [0.2, 0.25) is 0 Å². The monoisotopic (exact) mass is 546 g/mol. The van der Waals surface area contributed by atoms with Crippen LogP contribution >= 0.6 is 0 Å². The molecular weight excluding hydrogens is 504 g/mol. The Hall–Kier alpha value is -3.92. The number of likely N-dealkylation sites (tertiary alicyclic amines) is 1. The van der Waals surface area contributed by atoms with Crippen LogP contribution in [-0.2, 0) is 9.59 Å². The molecule has 1 aromatic carbocycles. The molecule has 0 spiro atoms. The lowest BCUT2D eigenvalue weighted by molar-refractivity contribution is -0.0987. The van der Waals surface area contributed by atoms with Gasteiger partial charge in [-0.2, -0.15) is 9.61 Å². The Bertz CT molecular complexity index is 1300. The lowest BCUT2D eigenvalue weighted by Crippen LogP contribution is -2.44. The molecule has 40 heavy (non-hydrogen) atoms. The molecule has 5 heterocycles. The third-order valence-electron chi connectivity index (χ3n) is 7.98. The number of fused-ring (bicyclic) bond motifs is 1. The fraction of sp³-hybridized carbons (Fsp3) is 0.467. The summed E-state index contributed by atoms with van der Waals surface area (Å²) in [5, 5.41) is 12.1. The lowest BCUT2D eigenvalue weighted by Gasteiger charge is -2.38. The zero-order valence-electron chi connectivity index (χ0n) is 23.9. The summed E-state index contributed by atoms with van der Waals surface area (Å²) in [7, 11) is 1.98. The highest BCUT2D eigenvalue weighted by atomic mass is 16.1. The smallest absolute Gasteiger partial charge is 0.160 e. The number of carbonyl (C=O) groups excluding carboxylic acids is 2. The molecule has 1 unspecified atom stereocenters. The molecule has 3 saturated heterocycles. The Balaban J connectivity index is 0.000000886. The van der Waals surface area contributed by atoms with Crippen molar-refractivity contribution in [2.75, 3.05) is 68.0 Å². The number of piperazine rings is 1. The van der Waals surface area contributed by atoms with Gasteiger partial charge in [0.15, 0.2) is 5.65 Å². The molecular formula is C30H42N8O2. The average molecular weight is 547 g/mol. The van der Waals surface area contributed by atoms with Crippen LogP contribution in [0.3, 0.4) is 0 Å². The molecule has 214 valence electrons. The molecule has 0 radical (unpaired) electrons. The highest BCUT2D eigenvalue weighted by molar-refractivity contribution is 5.75. The highest BCUT2D eigenvalue weighted by Crippen LogP contribution is 2.39. The number of benzene rings is 1. The van der Waals surface area contributed by atoms with E-state index in [0.717, 1.165) is 86.6 Å². The third-order valence-corrected chi connectivity index (χ3v) is 7.98. The summed E-state index contributed by atoms with van der Waals surface area (Å²) in [4.78, 5) is 28.4. The van der Waals surface area contributed by atoms with E-state index in [0.29, 0.717) is 0 Å². The number of nitrogens with one attached hydrogen (secondary N) is 2. The summed E-state index contributed by atoms with van der Waals surface area (Å²) in [5.74, 6) is 2.24. The van der Waals surface area contributed by atoms with E-state index in [4.69, 9.17) is 19.7 Å². The van der Waals surface area contributed by atoms with Crippen LogP contribution in [0.15, 0.2) is 36.9 Å². The van der Waals surface area contributed by atoms with E-state index >= 15 is 0 Å². The minimum Gasteiger partial charge on any atom is -0.388 e. The van der Waals surface area contributed by atoms with Crippen LogP contribution in [0.4, 0.5) is 17.3 Å². The zero-order chi connectivity index (χ0) is 28.6. The van der Waals surface area contributed by atoms with Crippen LogP contribution in [0.1, 0.15) is 48.5 Å². The van der Waals surface area contributed by atoms with Crippen LogP contribution in [0, 0.1) is 6.92 Å². The first-order valence-corrected chi connectivity index (χ1v) is 14.1. The van der Waals surface area contributed by atoms with Gasteiger partial charge in [-0.05, 0) is 44.7 Å². The fourth-order valence-corrected chi connectivity index (χ4v) is 5.78. The first kappa shape index (κ1) is 29.1. The molecule has 2 N–H and O–H groups in total. The zero-order valence-corrected chi connectivity index (χ0v) is 23.9. The van der Waals surface area contributed by atoms with E-state index in [2.05, 4.69) is 73.7 Å². The van der Waals surface area contributed by atoms with Crippen molar-refractivity contribution in [3.05, 3.63) is 53.7 Å². The second-order valence-corrected chi connectivity index (χ2v) is 10.3. The van der Waals surface area contributed by atoms with E-state index in [9.17, 15) is 0 Å². The quantitative estimate of drug-likeness (QED) is 0.481. The summed E-state index contributed by atoms with van der Waals surface area (Å²) in [6.07, 6.45) is 4.69. The molecule has 10 heteroatoms. The standard InChI is InChI=1S/C28H38N8.2CH2O/c1-20-8-9-23(29-3)22(17-20)21(2)35-14-5-4-7-25(35)24-18-27-31-26(33-12-6-13-33)19-28(36(27)32-24)34-15-10-30-11-16-34;2*1-2/h8-9,17-19,25,29-30H,2,4-7,10-16H2,1,3H3;2*1H2. The van der Waals surface area contributed by atoms with Gasteiger partial charge in [0.25, 0.3) is 0 Å². The molecule has 10 nitrogen and oxygen atoms in total. The van der Waals surface area contributed by atoms with Crippen LogP contribution in [0.25, 0.3) is 11.3 Å². The molecule has 0 bridgehead atoms. The fourth-order valence-electron chi connectivity index (χ4n) is 5.78. The maximum Gasteiger partial charge on any atom is 0.160 e. The van der Waals surface area contributed by atoms with E-state index in [1.165, 1.54) is 30.4 Å². The number of carbonyl (C=O) groups is 2. The number of hydrogen-bond donors (Lipinski definition) is 2. The Morgan fingerprint density at radius 1 is 0.950 bits per heavy atom. The average Bonchev–Trinajstić information content (AvgIpc) is 3.42. The van der Waals surface area contributed by atoms with Gasteiger partial charge in [-0.25, -0.2) is 4.98 Å². The van der Waals surface area contributed by atoms with Crippen LogP contribution < -0.4 is 20.4 Å². The van der Waals surface area contributed by atoms with Crippen LogP contribution in [-0.4, -0.2) is 85.9 Å². The third kappa shape index (κ3) is 5.82. The highest BCUT2D eigenvalue weighted by Gasteiger charge is 2.30. The molecule has 0 saturated carbocycles. The van der Waals surface area contributed by atoms with Crippen molar-refractivity contribution < 1.29 is 9.59 Å². The Kier molecular flexibility index (Phi) is 9.76. The van der Waals surface area contributed by atoms with Crippen molar-refractivity contribution in [1.29, 1.82) is 0 Å². The van der Waals surface area contributed by atoms with Gasteiger partial charge in [0.2, 0.25) is 0 Å². The van der Waals surface area contributed by atoms with E-state index in [-0.39, 0.29) is 6.04 Å². The van der Waals surface area contributed by atoms with E-state index in [1.54, 1.807) is 0 Å². The van der Waals surface area contributed by atoms with Gasteiger partial charge in [0.05, 0.1) is 11.7 Å². The van der Waals surface area contributed by atoms with E-state index < -0.39 is 0 Å². The summed E-state index contributed by atoms with van der Waals surface area (Å²) in [5.41, 5.74) is 6.65.